The SMILES string of the molecule is Cc1ccc(-n2nc(C(C)(C)C)cc2NC(=O)Nc2ccc(Oc3ccnc4[nH]c(=O)c(C)nc34)c3cccnc23)cc1. The number of fused-ring (bicyclic) bond motifs is 2. The van der Waals surface area contributed by atoms with Gasteiger partial charge in [0.25, 0.3) is 5.56 Å². The number of benzene rings is 2. The van der Waals surface area contributed by atoms with Gasteiger partial charge >= 0.3 is 6.03 Å². The predicted octanol–water partition coefficient (Wildman–Crippen LogP) is 6.40. The lowest BCUT2D eigenvalue weighted by Crippen LogP contribution is -2.21. The summed E-state index contributed by atoms with van der Waals surface area (Å²) < 4.78 is 7.99. The van der Waals surface area contributed by atoms with Gasteiger partial charge in [0.1, 0.15) is 22.8 Å². The molecule has 0 aliphatic heterocycles. The zero-order chi connectivity index (χ0) is 30.3. The highest BCUT2D eigenvalue weighted by atomic mass is 16.5. The van der Waals surface area contributed by atoms with Gasteiger partial charge in [0, 0.05) is 35.3 Å². The molecule has 43 heavy (non-hydrogen) atoms. The predicted molar refractivity (Wildman–Crippen MR) is 166 cm³/mol. The van der Waals surface area contributed by atoms with Gasteiger partial charge in [-0.1, -0.05) is 38.5 Å². The Hall–Kier alpha value is -5.58. The summed E-state index contributed by atoms with van der Waals surface area (Å²) in [7, 11) is 0. The molecule has 0 radical (unpaired) electrons. The summed E-state index contributed by atoms with van der Waals surface area (Å²) in [6.07, 6.45) is 3.19. The van der Waals surface area contributed by atoms with Crippen molar-refractivity contribution in [2.45, 2.75) is 40.0 Å². The van der Waals surface area contributed by atoms with Crippen LogP contribution in [-0.2, 0) is 5.41 Å². The number of ether oxygens (including phenoxy) is 1. The second-order valence-corrected chi connectivity index (χ2v) is 11.3. The van der Waals surface area contributed by atoms with E-state index in [0.29, 0.717) is 50.8 Å². The van der Waals surface area contributed by atoms with Crippen LogP contribution >= 0.6 is 0 Å². The van der Waals surface area contributed by atoms with Crippen LogP contribution in [0, 0.1) is 13.8 Å². The van der Waals surface area contributed by atoms with Gasteiger partial charge in [-0.05, 0) is 50.2 Å². The first-order valence-corrected chi connectivity index (χ1v) is 13.7. The Morgan fingerprint density at radius 3 is 2.47 bits per heavy atom. The first-order valence-electron chi connectivity index (χ1n) is 13.7. The Labute approximate surface area is 247 Å². The number of anilines is 2. The number of pyridine rings is 2. The molecule has 11 nitrogen and oxygen atoms in total. The lowest BCUT2D eigenvalue weighted by atomic mass is 9.92. The highest BCUT2D eigenvalue weighted by Crippen LogP contribution is 2.35. The monoisotopic (exact) mass is 574 g/mol. The minimum absolute atomic E-state index is 0.220. The molecule has 0 atom stereocenters. The largest absolute Gasteiger partial charge is 0.454 e. The molecule has 4 aromatic heterocycles. The Bertz CT molecular complexity index is 2060. The molecule has 0 saturated carbocycles. The Balaban J connectivity index is 1.31. The number of aromatic nitrogens is 6. The third kappa shape index (κ3) is 5.52. The van der Waals surface area contributed by atoms with Crippen molar-refractivity contribution in [2.24, 2.45) is 0 Å². The summed E-state index contributed by atoms with van der Waals surface area (Å²) >= 11 is 0. The smallest absolute Gasteiger partial charge is 0.324 e. The molecule has 0 aliphatic rings. The number of hydrogen-bond donors (Lipinski definition) is 3. The average Bonchev–Trinajstić information content (AvgIpc) is 3.40. The molecule has 11 heteroatoms. The number of amides is 2. The van der Waals surface area contributed by atoms with E-state index in [9.17, 15) is 9.59 Å². The zero-order valence-corrected chi connectivity index (χ0v) is 24.4. The van der Waals surface area contributed by atoms with Crippen molar-refractivity contribution in [3.8, 4) is 17.2 Å². The molecule has 0 fully saturated rings. The fraction of sp³-hybridized carbons (Fsp3) is 0.188. The molecule has 4 heterocycles. The molecule has 0 bridgehead atoms. The number of H-pyrrole nitrogens is 1. The maximum atomic E-state index is 13.3. The number of urea groups is 1. The minimum Gasteiger partial charge on any atom is -0.454 e. The van der Waals surface area contributed by atoms with Crippen molar-refractivity contribution in [3.63, 3.8) is 0 Å². The van der Waals surface area contributed by atoms with E-state index in [-0.39, 0.29) is 11.0 Å². The van der Waals surface area contributed by atoms with E-state index in [0.717, 1.165) is 16.9 Å². The molecule has 216 valence electrons. The van der Waals surface area contributed by atoms with Gasteiger partial charge in [-0.25, -0.2) is 19.4 Å². The van der Waals surface area contributed by atoms with Crippen LogP contribution in [0.15, 0.2) is 77.9 Å². The number of hydrogen-bond acceptors (Lipinski definition) is 7. The fourth-order valence-electron chi connectivity index (χ4n) is 4.58. The second kappa shape index (κ2) is 10.7. The standard InChI is InChI=1S/C32H30N8O3/c1-18-8-10-20(11-9-18)40-26(17-25(39-40)32(3,4)5)37-31(42)36-22-12-13-23(21-7-6-15-33-27(21)22)43-24-14-16-34-29-28(24)35-19(2)30(41)38-29/h6-17H,1-5H3,(H,34,38,41)(H2,36,37,42). The number of nitrogens with one attached hydrogen (secondary N) is 3. The van der Waals surface area contributed by atoms with Crippen LogP contribution in [0.5, 0.6) is 11.5 Å². The highest BCUT2D eigenvalue weighted by molar-refractivity contribution is 6.06. The summed E-state index contributed by atoms with van der Waals surface area (Å²) in [5.74, 6) is 1.46. The van der Waals surface area contributed by atoms with Crippen molar-refractivity contribution in [3.05, 3.63) is 100 Å². The molecule has 0 saturated heterocycles. The van der Waals surface area contributed by atoms with Crippen molar-refractivity contribution in [2.75, 3.05) is 10.6 Å². The first kappa shape index (κ1) is 27.6. The van der Waals surface area contributed by atoms with Gasteiger partial charge in [-0.3, -0.25) is 15.1 Å². The quantitative estimate of drug-likeness (QED) is 0.216. The molecule has 3 N–H and O–H groups in total. The lowest BCUT2D eigenvalue weighted by Gasteiger charge is -2.14. The van der Waals surface area contributed by atoms with Gasteiger partial charge in [-0.2, -0.15) is 5.10 Å². The van der Waals surface area contributed by atoms with Crippen molar-refractivity contribution in [1.29, 1.82) is 0 Å². The maximum absolute atomic E-state index is 13.3. The Morgan fingerprint density at radius 2 is 1.70 bits per heavy atom. The van der Waals surface area contributed by atoms with Crippen LogP contribution < -0.4 is 20.9 Å². The van der Waals surface area contributed by atoms with Crippen LogP contribution in [-0.4, -0.2) is 35.7 Å². The van der Waals surface area contributed by atoms with Crippen molar-refractivity contribution in [1.82, 2.24) is 29.7 Å². The molecular weight excluding hydrogens is 544 g/mol. The number of aromatic amines is 1. The van der Waals surface area contributed by atoms with E-state index >= 15 is 0 Å². The molecule has 2 amide bonds. The fourth-order valence-corrected chi connectivity index (χ4v) is 4.58. The third-order valence-electron chi connectivity index (χ3n) is 6.92. The highest BCUT2D eigenvalue weighted by Gasteiger charge is 2.22. The number of nitrogens with zero attached hydrogens (tertiary/aromatic N) is 5. The van der Waals surface area contributed by atoms with Gasteiger partial charge in [0.15, 0.2) is 11.4 Å². The Morgan fingerprint density at radius 1 is 0.907 bits per heavy atom. The second-order valence-electron chi connectivity index (χ2n) is 11.3. The first-order chi connectivity index (χ1) is 20.6. The maximum Gasteiger partial charge on any atom is 0.324 e. The Kier molecular flexibility index (Phi) is 6.85. The summed E-state index contributed by atoms with van der Waals surface area (Å²) in [5.41, 5.74) is 4.37. The van der Waals surface area contributed by atoms with Crippen LogP contribution in [0.1, 0.15) is 37.7 Å². The zero-order valence-electron chi connectivity index (χ0n) is 24.4. The molecular formula is C32H30N8O3. The number of aryl methyl sites for hydroxylation is 2. The topological polar surface area (TPSA) is 140 Å². The molecule has 0 aliphatic carbocycles. The molecule has 2 aromatic carbocycles. The van der Waals surface area contributed by atoms with Crippen molar-refractivity contribution < 1.29 is 9.53 Å². The van der Waals surface area contributed by atoms with E-state index < -0.39 is 6.03 Å². The van der Waals surface area contributed by atoms with E-state index in [1.807, 2.05) is 43.3 Å². The lowest BCUT2D eigenvalue weighted by molar-refractivity contribution is 0.262. The van der Waals surface area contributed by atoms with Gasteiger partial charge < -0.3 is 15.0 Å². The average molecular weight is 575 g/mol. The van der Waals surface area contributed by atoms with Gasteiger partial charge in [0.2, 0.25) is 0 Å². The van der Waals surface area contributed by atoms with Crippen LogP contribution in [0.2, 0.25) is 0 Å². The minimum atomic E-state index is -0.446. The van der Waals surface area contributed by atoms with Crippen LogP contribution in [0.3, 0.4) is 0 Å². The van der Waals surface area contributed by atoms with E-state index in [1.165, 1.54) is 6.20 Å². The van der Waals surface area contributed by atoms with Crippen molar-refractivity contribution >= 4 is 39.6 Å². The van der Waals surface area contributed by atoms with Gasteiger partial charge in [0.05, 0.1) is 22.6 Å². The number of carbonyl (C=O) groups excluding carboxylic acids is 1. The van der Waals surface area contributed by atoms with Crippen LogP contribution in [0.25, 0.3) is 27.8 Å². The summed E-state index contributed by atoms with van der Waals surface area (Å²) in [6, 6.07) is 18.2. The number of rotatable bonds is 5. The van der Waals surface area contributed by atoms with E-state index in [2.05, 4.69) is 51.3 Å². The molecule has 0 unspecified atom stereocenters. The summed E-state index contributed by atoms with van der Waals surface area (Å²) in [5, 5.41) is 11.4. The molecule has 6 aromatic rings. The number of carbonyl (C=O) groups is 1. The molecule has 0 spiro atoms. The van der Waals surface area contributed by atoms with E-state index in [4.69, 9.17) is 9.84 Å². The normalized spacial score (nSPS) is 11.6. The third-order valence-corrected chi connectivity index (χ3v) is 6.92. The van der Waals surface area contributed by atoms with Gasteiger partial charge in [-0.15, -0.1) is 0 Å². The summed E-state index contributed by atoms with van der Waals surface area (Å²) in [4.78, 5) is 41.2. The van der Waals surface area contributed by atoms with E-state index in [1.54, 1.807) is 42.1 Å². The summed E-state index contributed by atoms with van der Waals surface area (Å²) in [6.45, 7) is 9.87. The molecule has 6 rings (SSSR count). The van der Waals surface area contributed by atoms with Crippen LogP contribution in [0.4, 0.5) is 16.3 Å².